The molecule has 1 aliphatic carbocycles. The van der Waals surface area contributed by atoms with Gasteiger partial charge in [-0.2, -0.15) is 0 Å². The molecule has 0 radical (unpaired) electrons. The van der Waals surface area contributed by atoms with Crippen molar-refractivity contribution in [3.63, 3.8) is 0 Å². The van der Waals surface area contributed by atoms with Crippen molar-refractivity contribution in [2.45, 2.75) is 18.1 Å². The molecule has 5 heteroatoms. The molecule has 4 nitrogen and oxygen atoms in total. The Hall–Kier alpha value is -0.910. The van der Waals surface area contributed by atoms with Crippen LogP contribution in [-0.4, -0.2) is 40.2 Å². The summed E-state index contributed by atoms with van der Waals surface area (Å²) in [4.78, 5) is 0. The topological polar surface area (TPSA) is 69.4 Å². The molecule has 2 N–H and O–H groups in total. The number of nitrogens with two attached hydrogens (primary N) is 1. The van der Waals surface area contributed by atoms with Crippen molar-refractivity contribution < 1.29 is 13.2 Å². The van der Waals surface area contributed by atoms with Crippen LogP contribution in [0.2, 0.25) is 0 Å². The fraction of sp³-hybridized carbons (Fsp3) is 0.571. The van der Waals surface area contributed by atoms with Gasteiger partial charge < -0.3 is 10.5 Å². The average molecular weight is 283 g/mol. The van der Waals surface area contributed by atoms with E-state index in [9.17, 15) is 8.42 Å². The zero-order valence-electron chi connectivity index (χ0n) is 11.6. The van der Waals surface area contributed by atoms with Crippen LogP contribution in [0.25, 0.3) is 0 Å². The summed E-state index contributed by atoms with van der Waals surface area (Å²) in [5.41, 5.74) is 7.57. The molecule has 0 aliphatic heterocycles. The van der Waals surface area contributed by atoms with Crippen molar-refractivity contribution in [1.82, 2.24) is 0 Å². The van der Waals surface area contributed by atoms with E-state index in [0.29, 0.717) is 13.2 Å². The summed E-state index contributed by atoms with van der Waals surface area (Å²) in [7, 11) is -1.55. The summed E-state index contributed by atoms with van der Waals surface area (Å²) in [5.74, 6) is -0.0620. The van der Waals surface area contributed by atoms with E-state index in [0.717, 1.165) is 11.1 Å². The van der Waals surface area contributed by atoms with Gasteiger partial charge >= 0.3 is 0 Å². The third-order valence-corrected chi connectivity index (χ3v) is 5.73. The molecule has 0 spiro atoms. The Labute approximate surface area is 114 Å². The highest BCUT2D eigenvalue weighted by Crippen LogP contribution is 2.62. The second-order valence-corrected chi connectivity index (χ2v) is 7.68. The first-order chi connectivity index (χ1) is 8.86. The summed E-state index contributed by atoms with van der Waals surface area (Å²) >= 11 is 0. The lowest BCUT2D eigenvalue weighted by Gasteiger charge is -2.14. The van der Waals surface area contributed by atoms with Gasteiger partial charge in [-0.3, -0.25) is 0 Å². The molecule has 19 heavy (non-hydrogen) atoms. The Bertz CT molecular complexity index is 553. The maximum absolute atomic E-state index is 12.0. The first kappa shape index (κ1) is 14.5. The van der Waals surface area contributed by atoms with E-state index in [1.165, 1.54) is 6.26 Å². The summed E-state index contributed by atoms with van der Waals surface area (Å²) in [5, 5.41) is -0.437. The Morgan fingerprint density at radius 3 is 2.32 bits per heavy atom. The van der Waals surface area contributed by atoms with Crippen molar-refractivity contribution >= 4 is 9.84 Å². The number of aryl methyl sites for hydroxylation is 1. The maximum Gasteiger partial charge on any atom is 0.151 e. The van der Waals surface area contributed by atoms with Crippen LogP contribution in [0.15, 0.2) is 24.3 Å². The molecule has 0 bridgehead atoms. The van der Waals surface area contributed by atoms with Gasteiger partial charge in [0, 0.05) is 31.2 Å². The van der Waals surface area contributed by atoms with Crippen LogP contribution < -0.4 is 5.73 Å². The lowest BCUT2D eigenvalue weighted by Crippen LogP contribution is -2.28. The maximum atomic E-state index is 12.0. The van der Waals surface area contributed by atoms with Crippen LogP contribution in [0.5, 0.6) is 0 Å². The van der Waals surface area contributed by atoms with E-state index in [4.69, 9.17) is 10.5 Å². The lowest BCUT2D eigenvalue weighted by atomic mass is 9.99. The van der Waals surface area contributed by atoms with Crippen LogP contribution in [0, 0.1) is 12.3 Å². The molecule has 1 fully saturated rings. The summed E-state index contributed by atoms with van der Waals surface area (Å²) in [6.45, 7) is 2.70. The molecule has 1 aliphatic rings. The summed E-state index contributed by atoms with van der Waals surface area (Å²) in [6.07, 6.45) is 1.28. The lowest BCUT2D eigenvalue weighted by molar-refractivity contribution is 0.142. The smallest absolute Gasteiger partial charge is 0.151 e. The van der Waals surface area contributed by atoms with Gasteiger partial charge in [-0.15, -0.1) is 0 Å². The average Bonchev–Trinajstić information content (AvgIpc) is 3.00. The SMILES string of the molecule is COC[C@@]1(CN)[C@@H](c2ccc(C)cc2)[C@@H]1S(C)(=O)=O. The highest BCUT2D eigenvalue weighted by Gasteiger charge is 2.69. The van der Waals surface area contributed by atoms with E-state index in [1.54, 1.807) is 7.11 Å². The number of hydrogen-bond acceptors (Lipinski definition) is 4. The van der Waals surface area contributed by atoms with Crippen LogP contribution in [0.1, 0.15) is 17.0 Å². The highest BCUT2D eigenvalue weighted by atomic mass is 32.2. The van der Waals surface area contributed by atoms with Crippen LogP contribution in [0.3, 0.4) is 0 Å². The third kappa shape index (κ3) is 2.42. The molecule has 106 valence electrons. The zero-order chi connectivity index (χ0) is 14.3. The van der Waals surface area contributed by atoms with Crippen molar-refractivity contribution in [3.05, 3.63) is 35.4 Å². The highest BCUT2D eigenvalue weighted by molar-refractivity contribution is 7.91. The number of benzene rings is 1. The zero-order valence-corrected chi connectivity index (χ0v) is 12.4. The van der Waals surface area contributed by atoms with Crippen LogP contribution in [0.4, 0.5) is 0 Å². The van der Waals surface area contributed by atoms with Gasteiger partial charge in [0.25, 0.3) is 0 Å². The molecule has 3 atom stereocenters. The number of sulfone groups is 1. The predicted molar refractivity (Wildman–Crippen MR) is 75.9 cm³/mol. The Morgan fingerprint density at radius 2 is 1.89 bits per heavy atom. The van der Waals surface area contributed by atoms with Crippen molar-refractivity contribution in [2.75, 3.05) is 26.5 Å². The van der Waals surface area contributed by atoms with Gasteiger partial charge in [0.15, 0.2) is 9.84 Å². The molecule has 0 heterocycles. The standard InChI is InChI=1S/C14H21NO3S/c1-10-4-6-11(7-5-10)12-13(19(3,16)17)14(12,8-15)9-18-2/h4-7,12-13H,8-9,15H2,1-3H3/t12-,13-,14-/m0/s1. The van der Waals surface area contributed by atoms with E-state index < -0.39 is 20.5 Å². The Balaban J connectivity index is 2.40. The minimum atomic E-state index is -3.14. The van der Waals surface area contributed by atoms with Gasteiger partial charge in [-0.05, 0) is 12.5 Å². The number of methoxy groups -OCH3 is 1. The van der Waals surface area contributed by atoms with E-state index in [2.05, 4.69) is 0 Å². The predicted octanol–water partition coefficient (Wildman–Crippen LogP) is 1.10. The molecule has 1 aromatic rings. The number of rotatable bonds is 5. The van der Waals surface area contributed by atoms with E-state index >= 15 is 0 Å². The van der Waals surface area contributed by atoms with E-state index in [1.807, 2.05) is 31.2 Å². The first-order valence-electron chi connectivity index (χ1n) is 6.31. The second kappa shape index (κ2) is 4.89. The van der Waals surface area contributed by atoms with Gasteiger partial charge in [-0.25, -0.2) is 8.42 Å². The van der Waals surface area contributed by atoms with Crippen molar-refractivity contribution in [2.24, 2.45) is 11.1 Å². The molecule has 0 saturated heterocycles. The molecular weight excluding hydrogens is 262 g/mol. The quantitative estimate of drug-likeness (QED) is 0.878. The number of hydrogen-bond donors (Lipinski definition) is 1. The normalized spacial score (nSPS) is 30.3. The fourth-order valence-electron chi connectivity index (χ4n) is 3.15. The molecule has 0 aromatic heterocycles. The third-order valence-electron chi connectivity index (χ3n) is 4.07. The van der Waals surface area contributed by atoms with Crippen molar-refractivity contribution in [3.8, 4) is 0 Å². The van der Waals surface area contributed by atoms with Crippen LogP contribution >= 0.6 is 0 Å². The minimum Gasteiger partial charge on any atom is -0.384 e. The largest absolute Gasteiger partial charge is 0.384 e. The molecule has 2 rings (SSSR count). The fourth-order valence-corrected chi connectivity index (χ4v) is 5.16. The molecule has 1 saturated carbocycles. The van der Waals surface area contributed by atoms with Gasteiger partial charge in [0.2, 0.25) is 0 Å². The molecule has 1 aromatic carbocycles. The summed E-state index contributed by atoms with van der Waals surface area (Å²) in [6, 6.07) is 7.98. The van der Waals surface area contributed by atoms with Crippen LogP contribution in [-0.2, 0) is 14.6 Å². The van der Waals surface area contributed by atoms with Gasteiger partial charge in [0.05, 0.1) is 11.9 Å². The monoisotopic (exact) mass is 283 g/mol. The number of ether oxygens (including phenoxy) is 1. The molecule has 0 amide bonds. The molecular formula is C14H21NO3S. The second-order valence-electron chi connectivity index (χ2n) is 5.51. The van der Waals surface area contributed by atoms with E-state index in [-0.39, 0.29) is 5.92 Å². The van der Waals surface area contributed by atoms with Gasteiger partial charge in [0.1, 0.15) is 0 Å². The first-order valence-corrected chi connectivity index (χ1v) is 8.26. The molecule has 0 unspecified atom stereocenters. The van der Waals surface area contributed by atoms with Gasteiger partial charge in [-0.1, -0.05) is 29.8 Å². The Kier molecular flexibility index (Phi) is 3.73. The summed E-state index contributed by atoms with van der Waals surface area (Å²) < 4.78 is 29.2. The van der Waals surface area contributed by atoms with Crippen molar-refractivity contribution in [1.29, 1.82) is 0 Å². The minimum absolute atomic E-state index is 0.0620. The Morgan fingerprint density at radius 1 is 1.32 bits per heavy atom.